The van der Waals surface area contributed by atoms with Gasteiger partial charge in [-0.05, 0) is 35.5 Å². The first-order chi connectivity index (χ1) is 18.9. The molecular weight excluding hydrogens is 520 g/mol. The van der Waals surface area contributed by atoms with Crippen molar-refractivity contribution >= 4 is 39.9 Å². The van der Waals surface area contributed by atoms with Crippen LogP contribution in [0.15, 0.2) is 52.5 Å². The van der Waals surface area contributed by atoms with Crippen LogP contribution in [0.5, 0.6) is 0 Å². The lowest BCUT2D eigenvalue weighted by Gasteiger charge is -2.37. The molecule has 1 aromatic carbocycles. The molecule has 4 aromatic heterocycles. The molecule has 0 radical (unpaired) electrons. The molecule has 0 aliphatic carbocycles. The van der Waals surface area contributed by atoms with E-state index in [1.54, 1.807) is 66.0 Å². The standard InChI is InChI=1S/C25H24N10O3S/c1-15(36)28-17-3-4-20-18(14-17)29-23(38-20)16-5-6-26-19(13-16)25(37)35-10-8-34(9-11-35)21(24-27-7-12-39-24)22-30-32-33(2)31-22/h3-7,12-14,21H,8-11H2,1-2H3,(H,28,36). The fourth-order valence-electron chi connectivity index (χ4n) is 4.57. The lowest BCUT2D eigenvalue weighted by Crippen LogP contribution is -2.50. The van der Waals surface area contributed by atoms with Gasteiger partial charge in [0.15, 0.2) is 11.4 Å². The van der Waals surface area contributed by atoms with E-state index in [4.69, 9.17) is 4.42 Å². The number of rotatable bonds is 6. The monoisotopic (exact) mass is 544 g/mol. The highest BCUT2D eigenvalue weighted by Gasteiger charge is 2.33. The zero-order chi connectivity index (χ0) is 26.9. The van der Waals surface area contributed by atoms with E-state index in [9.17, 15) is 9.59 Å². The predicted octanol–water partition coefficient (Wildman–Crippen LogP) is 2.38. The first kappa shape index (κ1) is 24.8. The van der Waals surface area contributed by atoms with E-state index in [2.05, 4.69) is 40.6 Å². The van der Waals surface area contributed by atoms with Gasteiger partial charge in [0, 0.05) is 62.1 Å². The third-order valence-corrected chi connectivity index (χ3v) is 7.18. The number of hydrogen-bond acceptors (Lipinski definition) is 11. The van der Waals surface area contributed by atoms with Gasteiger partial charge >= 0.3 is 0 Å². The SMILES string of the molecule is CC(=O)Nc1ccc2oc(-c3ccnc(C(=O)N4CCN(C(c5nnn(C)n5)c5nccs5)CC4)c3)nc2c1. The summed E-state index contributed by atoms with van der Waals surface area (Å²) in [7, 11) is 1.73. The fourth-order valence-corrected chi connectivity index (χ4v) is 5.33. The highest BCUT2D eigenvalue weighted by molar-refractivity contribution is 7.09. The van der Waals surface area contributed by atoms with E-state index in [1.165, 1.54) is 11.7 Å². The lowest BCUT2D eigenvalue weighted by molar-refractivity contribution is -0.114. The average Bonchev–Trinajstić information content (AvgIpc) is 3.70. The van der Waals surface area contributed by atoms with Crippen molar-refractivity contribution in [3.05, 3.63) is 64.6 Å². The number of hydrogen-bond donors (Lipinski definition) is 1. The van der Waals surface area contributed by atoms with E-state index < -0.39 is 0 Å². The molecule has 39 heavy (non-hydrogen) atoms. The van der Waals surface area contributed by atoms with Crippen LogP contribution in [-0.2, 0) is 11.8 Å². The van der Waals surface area contributed by atoms with Gasteiger partial charge < -0.3 is 14.6 Å². The zero-order valence-electron chi connectivity index (χ0n) is 21.2. The predicted molar refractivity (Wildman–Crippen MR) is 142 cm³/mol. The topological polar surface area (TPSA) is 148 Å². The number of aromatic nitrogens is 7. The Labute approximate surface area is 226 Å². The van der Waals surface area contributed by atoms with Crippen LogP contribution in [0.1, 0.15) is 34.3 Å². The summed E-state index contributed by atoms with van der Waals surface area (Å²) in [6.45, 7) is 3.72. The minimum Gasteiger partial charge on any atom is -0.436 e. The summed E-state index contributed by atoms with van der Waals surface area (Å²) < 4.78 is 5.91. The van der Waals surface area contributed by atoms with Crippen LogP contribution < -0.4 is 5.32 Å². The first-order valence-corrected chi connectivity index (χ1v) is 13.1. The molecule has 1 aliphatic heterocycles. The van der Waals surface area contributed by atoms with E-state index in [0.717, 1.165) is 5.01 Å². The maximum Gasteiger partial charge on any atom is 0.272 e. The number of fused-ring (bicyclic) bond motifs is 1. The molecule has 0 saturated carbocycles. The summed E-state index contributed by atoms with van der Waals surface area (Å²) in [5.41, 5.74) is 2.76. The zero-order valence-corrected chi connectivity index (χ0v) is 22.0. The van der Waals surface area contributed by atoms with Gasteiger partial charge in [0.2, 0.25) is 11.8 Å². The van der Waals surface area contributed by atoms with Gasteiger partial charge in [0.05, 0.1) is 7.05 Å². The molecule has 0 spiro atoms. The number of benzene rings is 1. The Morgan fingerprint density at radius 2 is 1.92 bits per heavy atom. The van der Waals surface area contributed by atoms with Crippen molar-refractivity contribution in [2.45, 2.75) is 13.0 Å². The van der Waals surface area contributed by atoms with Crippen LogP contribution in [0.25, 0.3) is 22.6 Å². The number of nitrogens with zero attached hydrogens (tertiary/aromatic N) is 9. The number of oxazole rings is 1. The van der Waals surface area contributed by atoms with Crippen molar-refractivity contribution in [2.24, 2.45) is 7.05 Å². The molecule has 1 saturated heterocycles. The third kappa shape index (κ3) is 5.11. The number of amides is 2. The number of piperazine rings is 1. The summed E-state index contributed by atoms with van der Waals surface area (Å²) in [5.74, 6) is 0.627. The minimum absolute atomic E-state index is 0.163. The molecule has 198 valence electrons. The molecule has 0 bridgehead atoms. The second-order valence-corrected chi connectivity index (χ2v) is 9.98. The van der Waals surface area contributed by atoms with Crippen LogP contribution in [0.4, 0.5) is 5.69 Å². The number of carbonyl (C=O) groups is 2. The number of nitrogens with one attached hydrogen (secondary N) is 1. The van der Waals surface area contributed by atoms with E-state index in [0.29, 0.717) is 65.9 Å². The molecule has 1 atom stereocenters. The van der Waals surface area contributed by atoms with Crippen molar-refractivity contribution < 1.29 is 14.0 Å². The number of tetrazole rings is 1. The Morgan fingerprint density at radius 3 is 2.64 bits per heavy atom. The number of anilines is 1. The molecule has 1 fully saturated rings. The molecule has 14 heteroatoms. The van der Waals surface area contributed by atoms with Crippen molar-refractivity contribution in [2.75, 3.05) is 31.5 Å². The Kier molecular flexibility index (Phi) is 6.54. The van der Waals surface area contributed by atoms with Crippen LogP contribution in [0.2, 0.25) is 0 Å². The van der Waals surface area contributed by atoms with E-state index in [1.807, 2.05) is 5.38 Å². The molecule has 2 amide bonds. The van der Waals surface area contributed by atoms with Crippen molar-refractivity contribution in [3.8, 4) is 11.5 Å². The number of thiazole rings is 1. The first-order valence-electron chi connectivity index (χ1n) is 12.3. The van der Waals surface area contributed by atoms with Gasteiger partial charge in [-0.15, -0.1) is 21.5 Å². The number of pyridine rings is 1. The van der Waals surface area contributed by atoms with Gasteiger partial charge in [0.1, 0.15) is 22.3 Å². The van der Waals surface area contributed by atoms with Gasteiger partial charge in [-0.25, -0.2) is 9.97 Å². The number of aryl methyl sites for hydroxylation is 1. The molecule has 5 heterocycles. The largest absolute Gasteiger partial charge is 0.436 e. The quantitative estimate of drug-likeness (QED) is 0.338. The Bertz CT molecular complexity index is 1640. The Morgan fingerprint density at radius 1 is 1.08 bits per heavy atom. The highest BCUT2D eigenvalue weighted by Crippen LogP contribution is 2.29. The summed E-state index contributed by atoms with van der Waals surface area (Å²) in [6, 6.07) is 8.46. The maximum absolute atomic E-state index is 13.4. The van der Waals surface area contributed by atoms with Crippen LogP contribution >= 0.6 is 11.3 Å². The highest BCUT2D eigenvalue weighted by atomic mass is 32.1. The van der Waals surface area contributed by atoms with Gasteiger partial charge in [-0.3, -0.25) is 19.5 Å². The molecule has 6 rings (SSSR count). The van der Waals surface area contributed by atoms with Gasteiger partial charge in [0.25, 0.3) is 5.91 Å². The molecule has 1 unspecified atom stereocenters. The van der Waals surface area contributed by atoms with E-state index >= 15 is 0 Å². The normalized spacial score (nSPS) is 15.0. The van der Waals surface area contributed by atoms with Crippen molar-refractivity contribution in [1.29, 1.82) is 0 Å². The summed E-state index contributed by atoms with van der Waals surface area (Å²) >= 11 is 1.54. The van der Waals surface area contributed by atoms with E-state index in [-0.39, 0.29) is 17.9 Å². The Balaban J connectivity index is 1.17. The van der Waals surface area contributed by atoms with Gasteiger partial charge in [-0.1, -0.05) is 0 Å². The molecule has 5 aromatic rings. The molecule has 1 aliphatic rings. The fraction of sp³-hybridized carbons (Fsp3) is 0.280. The molecule has 1 N–H and O–H groups in total. The van der Waals surface area contributed by atoms with Gasteiger partial charge in [-0.2, -0.15) is 4.80 Å². The Hall–Kier alpha value is -4.56. The summed E-state index contributed by atoms with van der Waals surface area (Å²) in [4.78, 5) is 43.6. The molecule has 13 nitrogen and oxygen atoms in total. The second-order valence-electron chi connectivity index (χ2n) is 9.05. The average molecular weight is 545 g/mol. The number of carbonyl (C=O) groups excluding carboxylic acids is 2. The second kappa shape index (κ2) is 10.3. The lowest BCUT2D eigenvalue weighted by atomic mass is 10.1. The molecular formula is C25H24N10O3S. The van der Waals surface area contributed by atoms with Crippen molar-refractivity contribution in [3.63, 3.8) is 0 Å². The summed E-state index contributed by atoms with van der Waals surface area (Å²) in [5, 5.41) is 18.2. The smallest absolute Gasteiger partial charge is 0.272 e. The maximum atomic E-state index is 13.4. The van der Waals surface area contributed by atoms with Crippen LogP contribution in [-0.4, -0.2) is 83.0 Å². The van der Waals surface area contributed by atoms with Crippen molar-refractivity contribution in [1.82, 2.24) is 45.0 Å². The minimum atomic E-state index is -0.220. The van der Waals surface area contributed by atoms with Crippen LogP contribution in [0.3, 0.4) is 0 Å². The third-order valence-electron chi connectivity index (χ3n) is 6.35. The van der Waals surface area contributed by atoms with Crippen LogP contribution in [0, 0.1) is 0 Å². The summed E-state index contributed by atoms with van der Waals surface area (Å²) in [6.07, 6.45) is 3.34.